The van der Waals surface area contributed by atoms with E-state index in [1.807, 2.05) is 0 Å². The van der Waals surface area contributed by atoms with E-state index in [2.05, 4.69) is 15.9 Å². The summed E-state index contributed by atoms with van der Waals surface area (Å²) in [5.74, 6) is -1.65. The van der Waals surface area contributed by atoms with Crippen molar-refractivity contribution in [3.05, 3.63) is 69.4 Å². The van der Waals surface area contributed by atoms with Crippen LogP contribution in [0.15, 0.2) is 40.9 Å². The monoisotopic (exact) mass is 348 g/mol. The first kappa shape index (κ1) is 14.4. The van der Waals surface area contributed by atoms with E-state index in [1.54, 1.807) is 12.1 Å². The zero-order chi connectivity index (χ0) is 14.0. The van der Waals surface area contributed by atoms with Gasteiger partial charge in [0.25, 0.3) is 0 Å². The fraction of sp³-hybridized carbons (Fsp3) is 0.143. The third-order valence-electron chi connectivity index (χ3n) is 2.72. The fourth-order valence-corrected chi connectivity index (χ4v) is 2.40. The first-order valence-electron chi connectivity index (χ1n) is 5.50. The van der Waals surface area contributed by atoms with E-state index in [-0.39, 0.29) is 12.2 Å². The maximum absolute atomic E-state index is 13.5. The lowest BCUT2D eigenvalue weighted by Crippen LogP contribution is -1.99. The van der Waals surface area contributed by atoms with Crippen LogP contribution in [0.2, 0.25) is 0 Å². The van der Waals surface area contributed by atoms with Crippen LogP contribution in [0, 0.1) is 17.5 Å². The van der Waals surface area contributed by atoms with Gasteiger partial charge in [0.05, 0.1) is 9.85 Å². The molecule has 5 heteroatoms. The van der Waals surface area contributed by atoms with Gasteiger partial charge in [-0.25, -0.2) is 13.2 Å². The van der Waals surface area contributed by atoms with Gasteiger partial charge in [0.2, 0.25) is 0 Å². The van der Waals surface area contributed by atoms with Crippen LogP contribution in [0.4, 0.5) is 13.2 Å². The van der Waals surface area contributed by atoms with Crippen molar-refractivity contribution in [2.45, 2.75) is 11.8 Å². The molecule has 0 amide bonds. The summed E-state index contributed by atoms with van der Waals surface area (Å²) in [5.41, 5.74) is 0.987. The average Bonchev–Trinajstić information content (AvgIpc) is 2.36. The molecule has 0 fully saturated rings. The van der Waals surface area contributed by atoms with Crippen molar-refractivity contribution in [3.63, 3.8) is 0 Å². The summed E-state index contributed by atoms with van der Waals surface area (Å²) in [4.78, 5) is 0. The van der Waals surface area contributed by atoms with E-state index in [1.165, 1.54) is 18.2 Å². The smallest absolute Gasteiger partial charge is 0.137 e. The molecule has 0 heterocycles. The van der Waals surface area contributed by atoms with Gasteiger partial charge in [0, 0.05) is 6.07 Å². The largest absolute Gasteiger partial charge is 0.207 e. The van der Waals surface area contributed by atoms with Gasteiger partial charge in [0.15, 0.2) is 0 Å². The number of rotatable bonds is 3. The summed E-state index contributed by atoms with van der Waals surface area (Å²) < 4.78 is 39.7. The van der Waals surface area contributed by atoms with Crippen LogP contribution < -0.4 is 0 Å². The van der Waals surface area contributed by atoms with Crippen LogP contribution in [0.5, 0.6) is 0 Å². The molecule has 0 aliphatic rings. The third kappa shape index (κ3) is 3.51. The number of hydrogen-bond acceptors (Lipinski definition) is 0. The molecule has 0 nitrogen and oxygen atoms in total. The van der Waals surface area contributed by atoms with Crippen LogP contribution in [0.3, 0.4) is 0 Å². The molecule has 2 aromatic rings. The summed E-state index contributed by atoms with van der Waals surface area (Å²) in [6, 6.07) is 7.74. The van der Waals surface area contributed by atoms with Gasteiger partial charge in [-0.05, 0) is 51.7 Å². The van der Waals surface area contributed by atoms with Gasteiger partial charge >= 0.3 is 0 Å². The maximum atomic E-state index is 13.5. The van der Waals surface area contributed by atoms with Gasteiger partial charge < -0.3 is 0 Å². The Labute approximate surface area is 122 Å². The first-order valence-corrected chi connectivity index (χ1v) is 6.73. The molecule has 0 bridgehead atoms. The Morgan fingerprint density at radius 2 is 1.74 bits per heavy atom. The number of halogens is 5. The van der Waals surface area contributed by atoms with E-state index in [4.69, 9.17) is 11.6 Å². The molecule has 0 aliphatic heterocycles. The zero-order valence-electron chi connectivity index (χ0n) is 9.64. The third-order valence-corrected chi connectivity index (χ3v) is 3.73. The molecule has 1 unspecified atom stereocenters. The van der Waals surface area contributed by atoms with Crippen molar-refractivity contribution < 1.29 is 13.2 Å². The second kappa shape index (κ2) is 5.97. The van der Waals surface area contributed by atoms with Gasteiger partial charge in [0.1, 0.15) is 17.5 Å². The summed E-state index contributed by atoms with van der Waals surface area (Å²) in [6.45, 7) is 0. The van der Waals surface area contributed by atoms with Gasteiger partial charge in [-0.1, -0.05) is 12.1 Å². The normalized spacial score (nSPS) is 12.5. The van der Waals surface area contributed by atoms with E-state index < -0.39 is 17.0 Å². The number of hydrogen-bond donors (Lipinski definition) is 0. The Morgan fingerprint density at radius 3 is 2.37 bits per heavy atom. The van der Waals surface area contributed by atoms with Crippen molar-refractivity contribution in [2.24, 2.45) is 0 Å². The van der Waals surface area contributed by atoms with E-state index in [0.29, 0.717) is 15.6 Å². The van der Waals surface area contributed by atoms with E-state index in [0.717, 1.165) is 6.07 Å². The van der Waals surface area contributed by atoms with Crippen molar-refractivity contribution in [3.8, 4) is 0 Å². The Bertz CT molecular complexity index is 601. The molecule has 0 radical (unpaired) electrons. The molecule has 0 spiro atoms. The zero-order valence-corrected chi connectivity index (χ0v) is 12.0. The van der Waals surface area contributed by atoms with Gasteiger partial charge in [-0.15, -0.1) is 11.6 Å². The minimum absolute atomic E-state index is 0.200. The molecule has 2 rings (SSSR count). The van der Waals surface area contributed by atoms with Crippen LogP contribution in [0.1, 0.15) is 16.5 Å². The van der Waals surface area contributed by atoms with Crippen molar-refractivity contribution in [2.75, 3.05) is 0 Å². The molecule has 0 saturated carbocycles. The summed E-state index contributed by atoms with van der Waals surface area (Å²) in [6.07, 6.45) is 0.200. The quantitative estimate of drug-likeness (QED) is 0.652. The van der Waals surface area contributed by atoms with Crippen molar-refractivity contribution in [1.29, 1.82) is 0 Å². The summed E-state index contributed by atoms with van der Waals surface area (Å²) >= 11 is 9.24. The van der Waals surface area contributed by atoms with Crippen molar-refractivity contribution >= 4 is 27.5 Å². The highest BCUT2D eigenvalue weighted by Crippen LogP contribution is 2.29. The molecule has 0 aromatic heterocycles. The second-order valence-corrected chi connectivity index (χ2v) is 5.46. The van der Waals surface area contributed by atoms with Crippen LogP contribution in [0.25, 0.3) is 0 Å². The Morgan fingerprint density at radius 1 is 1.00 bits per heavy atom. The lowest BCUT2D eigenvalue weighted by atomic mass is 10.0. The first-order chi connectivity index (χ1) is 8.97. The average molecular weight is 350 g/mol. The topological polar surface area (TPSA) is 0 Å². The van der Waals surface area contributed by atoms with Gasteiger partial charge in [-0.3, -0.25) is 0 Å². The molecule has 100 valence electrons. The Kier molecular flexibility index (Phi) is 4.53. The van der Waals surface area contributed by atoms with Gasteiger partial charge in [-0.2, -0.15) is 0 Å². The molecule has 1 atom stereocenters. The fourth-order valence-electron chi connectivity index (χ4n) is 1.71. The highest BCUT2D eigenvalue weighted by atomic mass is 79.9. The van der Waals surface area contributed by atoms with Crippen LogP contribution in [-0.4, -0.2) is 0 Å². The lowest BCUT2D eigenvalue weighted by molar-refractivity contribution is 0.570. The van der Waals surface area contributed by atoms with E-state index >= 15 is 0 Å². The molecular weight excluding hydrogens is 341 g/mol. The molecule has 0 N–H and O–H groups in total. The Balaban J connectivity index is 2.20. The Hall–Kier alpha value is -1.00. The number of benzene rings is 2. The lowest BCUT2D eigenvalue weighted by Gasteiger charge is -2.11. The highest BCUT2D eigenvalue weighted by molar-refractivity contribution is 9.10. The summed E-state index contributed by atoms with van der Waals surface area (Å²) in [5, 5.41) is -0.517. The van der Waals surface area contributed by atoms with Crippen molar-refractivity contribution in [1.82, 2.24) is 0 Å². The molecule has 2 aromatic carbocycles. The van der Waals surface area contributed by atoms with Crippen LogP contribution in [-0.2, 0) is 6.42 Å². The standard InChI is InChI=1S/C14H9BrClF3/c15-11-5-8(2-4-13(11)18)12(16)6-9-1-3-10(17)7-14(9)19/h1-5,7,12H,6H2. The minimum Gasteiger partial charge on any atom is -0.207 e. The molecule has 19 heavy (non-hydrogen) atoms. The minimum atomic E-state index is -0.633. The van der Waals surface area contributed by atoms with E-state index in [9.17, 15) is 13.2 Å². The molecule has 0 saturated heterocycles. The molecular formula is C14H9BrClF3. The second-order valence-electron chi connectivity index (χ2n) is 4.08. The predicted octanol–water partition coefficient (Wildman–Crippen LogP) is 5.39. The highest BCUT2D eigenvalue weighted by Gasteiger charge is 2.14. The maximum Gasteiger partial charge on any atom is 0.137 e. The SMILES string of the molecule is Fc1ccc(CC(Cl)c2ccc(F)c(Br)c2)c(F)c1. The van der Waals surface area contributed by atoms with Crippen LogP contribution >= 0.6 is 27.5 Å². The molecule has 0 aliphatic carbocycles. The predicted molar refractivity (Wildman–Crippen MR) is 72.8 cm³/mol. The summed E-state index contributed by atoms with van der Waals surface area (Å²) in [7, 11) is 0. The number of alkyl halides is 1.